The lowest BCUT2D eigenvalue weighted by Crippen LogP contribution is -2.42. The Labute approximate surface area is 136 Å². The summed E-state index contributed by atoms with van der Waals surface area (Å²) in [6.07, 6.45) is -0.468. The van der Waals surface area contributed by atoms with Crippen LogP contribution in [0, 0.1) is 0 Å². The van der Waals surface area contributed by atoms with Crippen molar-refractivity contribution >= 4 is 23.3 Å². The predicted molar refractivity (Wildman–Crippen MR) is 89.2 cm³/mol. The van der Waals surface area contributed by atoms with E-state index in [0.29, 0.717) is 24.5 Å². The summed E-state index contributed by atoms with van der Waals surface area (Å²) in [6.45, 7) is 8.43. The number of likely N-dealkylation sites (N-methyl/N-ethyl adjacent to an activating group) is 1. The second-order valence-electron chi connectivity index (χ2n) is 5.83. The fourth-order valence-corrected chi connectivity index (χ4v) is 2.55. The van der Waals surface area contributed by atoms with Gasteiger partial charge in [0.1, 0.15) is 5.75 Å². The SMILES string of the molecule is C=C(C)CN(CCC(=O)O)c1ccc2c(c1)N(C)C(=O)C(C)O2. The van der Waals surface area contributed by atoms with Crippen LogP contribution >= 0.6 is 0 Å². The molecule has 6 heteroatoms. The Bertz CT molecular complexity index is 641. The van der Waals surface area contributed by atoms with Crippen LogP contribution in [-0.4, -0.2) is 43.2 Å². The lowest BCUT2D eigenvalue weighted by molar-refractivity contribution is -0.136. The molecule has 1 aliphatic heterocycles. The highest BCUT2D eigenvalue weighted by atomic mass is 16.5. The van der Waals surface area contributed by atoms with Crippen molar-refractivity contribution in [2.75, 3.05) is 29.9 Å². The van der Waals surface area contributed by atoms with Gasteiger partial charge in [-0.1, -0.05) is 12.2 Å². The summed E-state index contributed by atoms with van der Waals surface area (Å²) in [5, 5.41) is 8.92. The molecule has 0 bridgehead atoms. The van der Waals surface area contributed by atoms with E-state index in [0.717, 1.165) is 11.3 Å². The third-order valence-corrected chi connectivity index (χ3v) is 3.71. The molecule has 2 rings (SSSR count). The average Bonchev–Trinajstić information content (AvgIpc) is 2.48. The molecule has 6 nitrogen and oxygen atoms in total. The van der Waals surface area contributed by atoms with E-state index in [4.69, 9.17) is 9.84 Å². The van der Waals surface area contributed by atoms with Crippen molar-refractivity contribution in [2.45, 2.75) is 26.4 Å². The number of hydrogen-bond donors (Lipinski definition) is 1. The van der Waals surface area contributed by atoms with Crippen molar-refractivity contribution in [3.8, 4) is 5.75 Å². The first kappa shape index (κ1) is 16.9. The highest BCUT2D eigenvalue weighted by molar-refractivity contribution is 5.99. The first-order chi connectivity index (χ1) is 10.8. The van der Waals surface area contributed by atoms with E-state index in [9.17, 15) is 9.59 Å². The zero-order chi connectivity index (χ0) is 17.1. The molecule has 1 heterocycles. The monoisotopic (exact) mass is 318 g/mol. The van der Waals surface area contributed by atoms with Crippen molar-refractivity contribution in [1.29, 1.82) is 0 Å². The molecule has 0 saturated heterocycles. The number of anilines is 2. The first-order valence-electron chi connectivity index (χ1n) is 7.49. The van der Waals surface area contributed by atoms with Crippen LogP contribution in [0.2, 0.25) is 0 Å². The maximum absolute atomic E-state index is 12.1. The fourth-order valence-electron chi connectivity index (χ4n) is 2.55. The Hall–Kier alpha value is -2.50. The highest BCUT2D eigenvalue weighted by Gasteiger charge is 2.29. The molecular formula is C17H22N2O4. The van der Waals surface area contributed by atoms with Crippen LogP contribution in [0.1, 0.15) is 20.3 Å². The van der Waals surface area contributed by atoms with E-state index < -0.39 is 12.1 Å². The Balaban J connectivity index is 2.32. The average molecular weight is 318 g/mol. The van der Waals surface area contributed by atoms with Gasteiger partial charge < -0.3 is 19.6 Å². The predicted octanol–water partition coefficient (Wildman–Crippen LogP) is 2.29. The van der Waals surface area contributed by atoms with Crippen LogP contribution in [0.4, 0.5) is 11.4 Å². The van der Waals surface area contributed by atoms with Gasteiger partial charge in [-0.3, -0.25) is 9.59 Å². The van der Waals surface area contributed by atoms with E-state index in [1.165, 1.54) is 0 Å². The maximum atomic E-state index is 12.1. The fraction of sp³-hybridized carbons (Fsp3) is 0.412. The van der Waals surface area contributed by atoms with Crippen molar-refractivity contribution in [3.63, 3.8) is 0 Å². The molecular weight excluding hydrogens is 296 g/mol. The maximum Gasteiger partial charge on any atom is 0.305 e. The van der Waals surface area contributed by atoms with Crippen LogP contribution in [0.25, 0.3) is 0 Å². The van der Waals surface area contributed by atoms with Crippen LogP contribution in [0.15, 0.2) is 30.4 Å². The smallest absolute Gasteiger partial charge is 0.305 e. The molecule has 1 amide bonds. The molecule has 1 aliphatic rings. The van der Waals surface area contributed by atoms with Crippen molar-refractivity contribution < 1.29 is 19.4 Å². The van der Waals surface area contributed by atoms with Gasteiger partial charge in [0, 0.05) is 25.8 Å². The third-order valence-electron chi connectivity index (χ3n) is 3.71. The highest BCUT2D eigenvalue weighted by Crippen LogP contribution is 2.36. The molecule has 0 aliphatic carbocycles. The minimum atomic E-state index is -0.848. The second-order valence-corrected chi connectivity index (χ2v) is 5.83. The lowest BCUT2D eigenvalue weighted by atomic mass is 10.1. The Morgan fingerprint density at radius 3 is 2.78 bits per heavy atom. The number of nitrogens with zero attached hydrogens (tertiary/aromatic N) is 2. The number of carbonyl (C=O) groups excluding carboxylic acids is 1. The van der Waals surface area contributed by atoms with Crippen LogP contribution in [0.5, 0.6) is 5.75 Å². The minimum Gasteiger partial charge on any atom is -0.481 e. The van der Waals surface area contributed by atoms with Crippen LogP contribution in [-0.2, 0) is 9.59 Å². The molecule has 23 heavy (non-hydrogen) atoms. The number of benzene rings is 1. The van der Waals surface area contributed by atoms with E-state index >= 15 is 0 Å². The summed E-state index contributed by atoms with van der Waals surface area (Å²) >= 11 is 0. The molecule has 0 fully saturated rings. The summed E-state index contributed by atoms with van der Waals surface area (Å²) in [5.74, 6) is -0.303. The molecule has 0 radical (unpaired) electrons. The molecule has 0 saturated carbocycles. The van der Waals surface area contributed by atoms with Gasteiger partial charge in [0.15, 0.2) is 6.10 Å². The number of fused-ring (bicyclic) bond motifs is 1. The van der Waals surface area contributed by atoms with Crippen molar-refractivity contribution in [3.05, 3.63) is 30.4 Å². The van der Waals surface area contributed by atoms with Gasteiger partial charge in [-0.15, -0.1) is 0 Å². The van der Waals surface area contributed by atoms with Crippen LogP contribution in [0.3, 0.4) is 0 Å². The summed E-state index contributed by atoms with van der Waals surface area (Å²) in [6, 6.07) is 5.54. The Morgan fingerprint density at radius 2 is 2.17 bits per heavy atom. The zero-order valence-corrected chi connectivity index (χ0v) is 13.7. The molecule has 1 unspecified atom stereocenters. The van der Waals surface area contributed by atoms with Crippen molar-refractivity contribution in [2.24, 2.45) is 0 Å². The normalized spacial score (nSPS) is 16.6. The van der Waals surface area contributed by atoms with Gasteiger partial charge in [0.05, 0.1) is 12.1 Å². The van der Waals surface area contributed by atoms with Gasteiger partial charge in [0.2, 0.25) is 0 Å². The zero-order valence-electron chi connectivity index (χ0n) is 13.7. The summed E-state index contributed by atoms with van der Waals surface area (Å²) in [7, 11) is 1.71. The second kappa shape index (κ2) is 6.73. The van der Waals surface area contributed by atoms with Crippen LogP contribution < -0.4 is 14.5 Å². The van der Waals surface area contributed by atoms with E-state index in [2.05, 4.69) is 6.58 Å². The number of carbonyl (C=O) groups is 2. The summed E-state index contributed by atoms with van der Waals surface area (Å²) in [4.78, 5) is 26.4. The molecule has 0 spiro atoms. The van der Waals surface area contributed by atoms with Gasteiger partial charge in [-0.25, -0.2) is 0 Å². The Morgan fingerprint density at radius 1 is 1.48 bits per heavy atom. The third kappa shape index (κ3) is 3.83. The van der Waals surface area contributed by atoms with Gasteiger partial charge in [-0.2, -0.15) is 0 Å². The minimum absolute atomic E-state index is 0.0344. The number of ether oxygens (including phenoxy) is 1. The van der Waals surface area contributed by atoms with Gasteiger partial charge in [-0.05, 0) is 32.0 Å². The number of aliphatic carboxylic acids is 1. The van der Waals surface area contributed by atoms with Gasteiger partial charge >= 0.3 is 5.97 Å². The number of carboxylic acids is 1. The van der Waals surface area contributed by atoms with E-state index in [1.54, 1.807) is 18.9 Å². The molecule has 0 aromatic heterocycles. The Kier molecular flexibility index (Phi) is 4.93. The lowest BCUT2D eigenvalue weighted by Gasteiger charge is -2.32. The number of amides is 1. The summed E-state index contributed by atoms with van der Waals surface area (Å²) in [5.41, 5.74) is 2.46. The number of hydrogen-bond acceptors (Lipinski definition) is 4. The molecule has 1 aromatic carbocycles. The van der Waals surface area contributed by atoms with E-state index in [1.807, 2.05) is 30.0 Å². The first-order valence-corrected chi connectivity index (χ1v) is 7.49. The number of rotatable bonds is 6. The molecule has 1 aromatic rings. The molecule has 1 atom stereocenters. The number of carboxylic acid groups (broad SMARTS) is 1. The quantitative estimate of drug-likeness (QED) is 0.815. The topological polar surface area (TPSA) is 70.1 Å². The van der Waals surface area contributed by atoms with Crippen molar-refractivity contribution in [1.82, 2.24) is 0 Å². The van der Waals surface area contributed by atoms with Gasteiger partial charge in [0.25, 0.3) is 5.91 Å². The molecule has 124 valence electrons. The van der Waals surface area contributed by atoms with E-state index in [-0.39, 0.29) is 12.3 Å². The molecule has 1 N–H and O–H groups in total. The largest absolute Gasteiger partial charge is 0.481 e. The standard InChI is InChI=1S/C17H22N2O4/c1-11(2)10-19(8-7-16(20)21)13-5-6-15-14(9-13)18(4)17(22)12(3)23-15/h5-6,9,12H,1,7-8,10H2,2-4H3,(H,20,21). The summed E-state index contributed by atoms with van der Waals surface area (Å²) < 4.78 is 5.61.